The minimum Gasteiger partial charge on any atom is -0.493 e. The lowest BCUT2D eigenvalue weighted by molar-refractivity contribution is -0.137. The predicted octanol–water partition coefficient (Wildman–Crippen LogP) is 5.78. The van der Waals surface area contributed by atoms with E-state index < -0.39 is 50.5 Å². The van der Waals surface area contributed by atoms with Crippen LogP contribution in [-0.4, -0.2) is 26.5 Å². The van der Waals surface area contributed by atoms with Crippen LogP contribution in [0.2, 0.25) is 0 Å². The Bertz CT molecular complexity index is 1520. The molecule has 0 radical (unpaired) electrons. The summed E-state index contributed by atoms with van der Waals surface area (Å²) >= 11 is 0. The Morgan fingerprint density at radius 2 is 1.74 bits per heavy atom. The summed E-state index contributed by atoms with van der Waals surface area (Å²) in [7, 11) is -4.50. The van der Waals surface area contributed by atoms with Gasteiger partial charge in [-0.1, -0.05) is 30.3 Å². The van der Waals surface area contributed by atoms with Crippen molar-refractivity contribution in [2.75, 3.05) is 6.61 Å². The van der Waals surface area contributed by atoms with Crippen LogP contribution < -0.4 is 20.1 Å². The fraction of sp³-hybridized carbons (Fsp3) is 0.367. The van der Waals surface area contributed by atoms with Crippen molar-refractivity contribution in [2.24, 2.45) is 0 Å². The molecule has 12 heteroatoms. The number of fused-ring (bicyclic) bond motifs is 1. The lowest BCUT2D eigenvalue weighted by Crippen LogP contribution is -2.37. The number of sulfonamides is 1. The topological polar surface area (TPSA) is 96.5 Å². The molecule has 0 saturated heterocycles. The maximum Gasteiger partial charge on any atom is 0.416 e. The molecule has 42 heavy (non-hydrogen) atoms. The van der Waals surface area contributed by atoms with Crippen molar-refractivity contribution >= 4 is 15.9 Å². The van der Waals surface area contributed by atoms with E-state index in [0.717, 1.165) is 41.5 Å². The monoisotopic (exact) mass is 607 g/mol. The third-order valence-electron chi connectivity index (χ3n) is 6.71. The van der Waals surface area contributed by atoms with Gasteiger partial charge in [-0.3, -0.25) is 4.79 Å². The second-order valence-electron chi connectivity index (χ2n) is 11.2. The first-order valence-electron chi connectivity index (χ1n) is 13.4. The van der Waals surface area contributed by atoms with Crippen molar-refractivity contribution in [3.05, 3.63) is 94.8 Å². The number of nitrogens with one attached hydrogen (secondary N) is 3. The fourth-order valence-electron chi connectivity index (χ4n) is 4.52. The quantitative estimate of drug-likeness (QED) is 0.268. The molecule has 3 N–H and O–H groups in total. The molecule has 0 aliphatic carbocycles. The van der Waals surface area contributed by atoms with Crippen LogP contribution in [0.5, 0.6) is 5.75 Å². The predicted molar refractivity (Wildman–Crippen MR) is 150 cm³/mol. The van der Waals surface area contributed by atoms with Gasteiger partial charge in [-0.05, 0) is 68.3 Å². The zero-order valence-electron chi connectivity index (χ0n) is 23.4. The first-order valence-corrected chi connectivity index (χ1v) is 14.8. The Kier molecular flexibility index (Phi) is 9.29. The van der Waals surface area contributed by atoms with Crippen molar-refractivity contribution < 1.29 is 35.5 Å². The smallest absolute Gasteiger partial charge is 0.416 e. The van der Waals surface area contributed by atoms with E-state index in [1.165, 1.54) is 12.1 Å². The average Bonchev–Trinajstić information content (AvgIpc) is 2.91. The maximum atomic E-state index is 13.6. The molecule has 2 atom stereocenters. The molecule has 1 heterocycles. The number of alkyl halides is 3. The van der Waals surface area contributed by atoms with E-state index in [9.17, 15) is 30.8 Å². The molecule has 0 spiro atoms. The Labute approximate surface area is 242 Å². The number of ether oxygens (including phenoxy) is 1. The van der Waals surface area contributed by atoms with Gasteiger partial charge in [-0.25, -0.2) is 17.5 Å². The molecule has 3 aromatic carbocycles. The molecular formula is C30H33F4N3O4S. The molecular weight excluding hydrogens is 574 g/mol. The van der Waals surface area contributed by atoms with Crippen LogP contribution in [0.25, 0.3) is 0 Å². The van der Waals surface area contributed by atoms with Crippen LogP contribution in [-0.2, 0) is 27.5 Å². The highest BCUT2D eigenvalue weighted by Gasteiger charge is 2.33. The minimum atomic E-state index is -4.74. The number of hydrogen-bond acceptors (Lipinski definition) is 5. The first-order chi connectivity index (χ1) is 19.6. The van der Waals surface area contributed by atoms with E-state index in [1.807, 2.05) is 18.2 Å². The zero-order valence-corrected chi connectivity index (χ0v) is 24.2. The van der Waals surface area contributed by atoms with Gasteiger partial charge in [0, 0.05) is 30.5 Å². The molecule has 0 fully saturated rings. The number of hydrogen-bond donors (Lipinski definition) is 3. The van der Waals surface area contributed by atoms with Gasteiger partial charge in [-0.2, -0.15) is 13.2 Å². The Hall–Kier alpha value is -3.48. The Morgan fingerprint density at radius 1 is 1.02 bits per heavy atom. The molecule has 226 valence electrons. The molecule has 3 aromatic rings. The van der Waals surface area contributed by atoms with Crippen molar-refractivity contribution in [3.8, 4) is 5.75 Å². The number of carbonyl (C=O) groups excluding carboxylic acids is 1. The van der Waals surface area contributed by atoms with Crippen molar-refractivity contribution in [1.82, 2.24) is 15.4 Å². The highest BCUT2D eigenvalue weighted by atomic mass is 32.2. The fourth-order valence-corrected chi connectivity index (χ4v) is 5.79. The van der Waals surface area contributed by atoms with E-state index in [1.54, 1.807) is 0 Å². The largest absolute Gasteiger partial charge is 0.493 e. The normalized spacial score (nSPS) is 16.3. The standard InChI is InChI=1S/C30H33F4N3O4S/c1-29(2,3)35-18-19-7-12-24-25(13-14-41-27(24)15-19)36-28(38)17-26(20-8-10-22(31)11-9-20)37-42(39,40)23-6-4-5-21(16-23)30(32,33)34/h4-12,15-16,25-26,35,37H,13-14,17-18H2,1-3H3,(H,36,38)/t25-,26?/m1/s1. The van der Waals surface area contributed by atoms with Gasteiger partial charge in [0.1, 0.15) is 11.6 Å². The van der Waals surface area contributed by atoms with Gasteiger partial charge in [0.05, 0.1) is 29.1 Å². The summed E-state index contributed by atoms with van der Waals surface area (Å²) in [6.07, 6.45) is -4.65. The van der Waals surface area contributed by atoms with Gasteiger partial charge >= 0.3 is 6.18 Å². The lowest BCUT2D eigenvalue weighted by Gasteiger charge is -2.28. The van der Waals surface area contributed by atoms with Crippen LogP contribution in [0.1, 0.15) is 68.0 Å². The molecule has 0 aromatic heterocycles. The third-order valence-corrected chi connectivity index (χ3v) is 8.18. The third kappa shape index (κ3) is 8.30. The molecule has 0 bridgehead atoms. The molecule has 4 rings (SSSR count). The van der Waals surface area contributed by atoms with Gasteiger partial charge in [-0.15, -0.1) is 0 Å². The van der Waals surface area contributed by atoms with Crippen LogP contribution >= 0.6 is 0 Å². The van der Waals surface area contributed by atoms with Gasteiger partial charge < -0.3 is 15.4 Å². The van der Waals surface area contributed by atoms with Crippen LogP contribution in [0.4, 0.5) is 17.6 Å². The number of carbonyl (C=O) groups is 1. The molecule has 1 unspecified atom stereocenters. The Balaban J connectivity index is 1.53. The summed E-state index contributed by atoms with van der Waals surface area (Å²) < 4.78 is 87.7. The van der Waals surface area contributed by atoms with E-state index in [4.69, 9.17) is 4.74 Å². The van der Waals surface area contributed by atoms with Crippen LogP contribution in [0.15, 0.2) is 71.6 Å². The molecule has 1 aliphatic rings. The van der Waals surface area contributed by atoms with Gasteiger partial charge in [0.25, 0.3) is 0 Å². The molecule has 1 aliphatic heterocycles. The lowest BCUT2D eigenvalue weighted by atomic mass is 9.97. The summed E-state index contributed by atoms with van der Waals surface area (Å²) in [4.78, 5) is 12.6. The highest BCUT2D eigenvalue weighted by molar-refractivity contribution is 7.89. The minimum absolute atomic E-state index is 0.0724. The van der Waals surface area contributed by atoms with Crippen molar-refractivity contribution in [3.63, 3.8) is 0 Å². The van der Waals surface area contributed by atoms with Crippen molar-refractivity contribution in [2.45, 2.75) is 68.9 Å². The molecule has 0 saturated carbocycles. The number of halogens is 4. The average molecular weight is 608 g/mol. The summed E-state index contributed by atoms with van der Waals surface area (Å²) in [5.74, 6) is -0.439. The zero-order chi connectivity index (χ0) is 30.7. The van der Waals surface area contributed by atoms with E-state index in [-0.39, 0.29) is 17.5 Å². The molecule has 7 nitrogen and oxygen atoms in total. The second-order valence-corrected chi connectivity index (χ2v) is 12.9. The summed E-state index contributed by atoms with van der Waals surface area (Å²) in [6, 6.07) is 12.3. The number of amides is 1. The van der Waals surface area contributed by atoms with E-state index in [0.29, 0.717) is 31.4 Å². The summed E-state index contributed by atoms with van der Waals surface area (Å²) in [5.41, 5.74) is 0.854. The first kappa shape index (κ1) is 31.5. The second kappa shape index (κ2) is 12.4. The van der Waals surface area contributed by atoms with E-state index >= 15 is 0 Å². The number of benzene rings is 3. The van der Waals surface area contributed by atoms with Crippen molar-refractivity contribution in [1.29, 1.82) is 0 Å². The summed E-state index contributed by atoms with van der Waals surface area (Å²) in [5, 5.41) is 6.33. The SMILES string of the molecule is CC(C)(C)NCc1ccc2c(c1)OCC[C@H]2NC(=O)CC(NS(=O)(=O)c1cccc(C(F)(F)F)c1)c1ccc(F)cc1. The van der Waals surface area contributed by atoms with Gasteiger partial charge in [0.15, 0.2) is 0 Å². The Morgan fingerprint density at radius 3 is 2.40 bits per heavy atom. The molecule has 1 amide bonds. The van der Waals surface area contributed by atoms with Gasteiger partial charge in [0.2, 0.25) is 15.9 Å². The summed E-state index contributed by atoms with van der Waals surface area (Å²) in [6.45, 7) is 7.17. The maximum absolute atomic E-state index is 13.6. The van der Waals surface area contributed by atoms with Crippen LogP contribution in [0.3, 0.4) is 0 Å². The van der Waals surface area contributed by atoms with E-state index in [2.05, 4.69) is 36.1 Å². The van der Waals surface area contributed by atoms with Crippen LogP contribution in [0, 0.1) is 5.82 Å². The highest BCUT2D eigenvalue weighted by Crippen LogP contribution is 2.34. The number of rotatable bonds is 9.